The van der Waals surface area contributed by atoms with Gasteiger partial charge in [-0.2, -0.15) is 14.0 Å². The van der Waals surface area contributed by atoms with Crippen molar-refractivity contribution in [1.82, 2.24) is 4.98 Å². The first kappa shape index (κ1) is 20.6. The maximum Gasteiger partial charge on any atom is 0.387 e. The number of pyridine rings is 1. The van der Waals surface area contributed by atoms with Crippen molar-refractivity contribution < 1.29 is 23.0 Å². The van der Waals surface area contributed by atoms with Gasteiger partial charge in [0.05, 0.1) is 17.9 Å². The molecule has 1 aromatic heterocycles. The van der Waals surface area contributed by atoms with E-state index in [2.05, 4.69) is 21.1 Å². The van der Waals surface area contributed by atoms with E-state index in [9.17, 15) is 18.8 Å². The summed E-state index contributed by atoms with van der Waals surface area (Å²) in [6, 6.07) is 9.47. The van der Waals surface area contributed by atoms with E-state index in [0.29, 0.717) is 21.8 Å². The van der Waals surface area contributed by atoms with Crippen LogP contribution in [0.25, 0.3) is 0 Å². The Balaban J connectivity index is 2.00. The van der Waals surface area contributed by atoms with Gasteiger partial charge in [0, 0.05) is 18.5 Å². The molecule has 9 heteroatoms. The number of nitrogens with zero attached hydrogens (tertiary/aromatic N) is 2. The van der Waals surface area contributed by atoms with Gasteiger partial charge in [-0.05, 0) is 42.8 Å². The summed E-state index contributed by atoms with van der Waals surface area (Å²) in [7, 11) is 1.54. The first-order valence-electron chi connectivity index (χ1n) is 7.80. The van der Waals surface area contributed by atoms with Gasteiger partial charge < -0.3 is 14.8 Å². The fourth-order valence-electron chi connectivity index (χ4n) is 2.25. The van der Waals surface area contributed by atoms with E-state index in [1.54, 1.807) is 13.0 Å². The van der Waals surface area contributed by atoms with Crippen molar-refractivity contribution in [3.63, 3.8) is 0 Å². The number of hydrogen-bond acceptors (Lipinski definition) is 6. The zero-order valence-corrected chi connectivity index (χ0v) is 15.5. The van der Waals surface area contributed by atoms with Gasteiger partial charge in [0.1, 0.15) is 16.8 Å². The number of anilines is 1. The number of nitrogens with one attached hydrogen (secondary N) is 1. The van der Waals surface area contributed by atoms with Crippen molar-refractivity contribution in [3.05, 3.63) is 47.2 Å². The number of aromatic nitrogens is 1. The molecule has 0 saturated carbocycles. The Morgan fingerprint density at radius 3 is 2.67 bits per heavy atom. The standard InChI is InChI=1S/C18H17F2N3O3S/c1-11-7-12(9-25-2)15(8-21)17(22-11)27-10-16(24)23-13-3-5-14(6-4-13)26-18(19)20/h3-7,18H,9-10H2,1-2H3,(H,23,24). The zero-order valence-electron chi connectivity index (χ0n) is 14.7. The van der Waals surface area contributed by atoms with Crippen LogP contribution in [0.5, 0.6) is 5.75 Å². The third-order valence-electron chi connectivity index (χ3n) is 3.31. The van der Waals surface area contributed by atoms with Crippen LogP contribution in [0.4, 0.5) is 14.5 Å². The van der Waals surface area contributed by atoms with Crippen molar-refractivity contribution in [2.24, 2.45) is 0 Å². The first-order valence-corrected chi connectivity index (χ1v) is 8.78. The second kappa shape index (κ2) is 9.85. The van der Waals surface area contributed by atoms with Gasteiger partial charge in [0.25, 0.3) is 0 Å². The summed E-state index contributed by atoms with van der Waals surface area (Å²) in [5, 5.41) is 12.5. The monoisotopic (exact) mass is 393 g/mol. The summed E-state index contributed by atoms with van der Waals surface area (Å²) in [6.45, 7) is -0.826. The molecule has 2 aromatic rings. The van der Waals surface area contributed by atoms with Gasteiger partial charge in [-0.25, -0.2) is 4.98 Å². The largest absolute Gasteiger partial charge is 0.435 e. The fraction of sp³-hybridized carbons (Fsp3) is 0.278. The summed E-state index contributed by atoms with van der Waals surface area (Å²) in [6.07, 6.45) is 0. The van der Waals surface area contributed by atoms with Crippen molar-refractivity contribution >= 4 is 23.4 Å². The average Bonchev–Trinajstić information content (AvgIpc) is 2.61. The molecule has 1 amide bonds. The lowest BCUT2D eigenvalue weighted by atomic mass is 10.1. The number of carbonyl (C=O) groups is 1. The average molecular weight is 393 g/mol. The quantitative estimate of drug-likeness (QED) is 0.688. The fourth-order valence-corrected chi connectivity index (χ4v) is 3.12. The minimum atomic E-state index is -2.90. The molecule has 0 aliphatic heterocycles. The highest BCUT2D eigenvalue weighted by Crippen LogP contribution is 2.25. The third kappa shape index (κ3) is 6.20. The van der Waals surface area contributed by atoms with Crippen LogP contribution >= 0.6 is 11.8 Å². The number of thioether (sulfide) groups is 1. The number of hydrogen-bond donors (Lipinski definition) is 1. The third-order valence-corrected chi connectivity index (χ3v) is 4.29. The lowest BCUT2D eigenvalue weighted by Crippen LogP contribution is -2.14. The topological polar surface area (TPSA) is 84.2 Å². The summed E-state index contributed by atoms with van der Waals surface area (Å²) in [5.41, 5.74) is 2.26. The van der Waals surface area contributed by atoms with Crippen LogP contribution in [0.3, 0.4) is 0 Å². The smallest absolute Gasteiger partial charge is 0.387 e. The van der Waals surface area contributed by atoms with E-state index >= 15 is 0 Å². The summed E-state index contributed by atoms with van der Waals surface area (Å²) >= 11 is 1.14. The normalized spacial score (nSPS) is 10.5. The molecule has 142 valence electrons. The lowest BCUT2D eigenvalue weighted by molar-refractivity contribution is -0.113. The first-order chi connectivity index (χ1) is 12.9. The van der Waals surface area contributed by atoms with Crippen LogP contribution in [0.1, 0.15) is 16.8 Å². The maximum atomic E-state index is 12.1. The summed E-state index contributed by atoms with van der Waals surface area (Å²) in [4.78, 5) is 16.4. The molecule has 27 heavy (non-hydrogen) atoms. The molecule has 0 aliphatic carbocycles. The van der Waals surface area contributed by atoms with Gasteiger partial charge in [-0.1, -0.05) is 11.8 Å². The molecule has 0 atom stereocenters. The van der Waals surface area contributed by atoms with E-state index < -0.39 is 6.61 Å². The highest BCUT2D eigenvalue weighted by molar-refractivity contribution is 8.00. The van der Waals surface area contributed by atoms with Crippen molar-refractivity contribution in [3.8, 4) is 11.8 Å². The van der Waals surface area contributed by atoms with Gasteiger partial charge in [0.15, 0.2) is 0 Å². The summed E-state index contributed by atoms with van der Waals surface area (Å²) < 4.78 is 33.6. The second-order valence-corrected chi connectivity index (χ2v) is 6.35. The predicted molar refractivity (Wildman–Crippen MR) is 96.8 cm³/mol. The van der Waals surface area contributed by atoms with Crippen molar-refractivity contribution in [1.29, 1.82) is 5.26 Å². The molecule has 0 spiro atoms. The number of rotatable bonds is 8. The van der Waals surface area contributed by atoms with Crippen LogP contribution in [-0.2, 0) is 16.1 Å². The number of halogens is 2. The summed E-state index contributed by atoms with van der Waals surface area (Å²) in [5.74, 6) is -0.277. The van der Waals surface area contributed by atoms with E-state index in [4.69, 9.17) is 4.74 Å². The molecule has 0 fully saturated rings. The predicted octanol–water partition coefficient (Wildman–Crippen LogP) is 3.74. The Hall–Kier alpha value is -2.70. The number of ether oxygens (including phenoxy) is 2. The van der Waals surface area contributed by atoms with Crippen LogP contribution in [0.15, 0.2) is 35.4 Å². The molecule has 1 N–H and O–H groups in total. The Morgan fingerprint density at radius 1 is 1.37 bits per heavy atom. The molecule has 2 rings (SSSR count). The van der Waals surface area contributed by atoms with E-state index in [1.165, 1.54) is 31.4 Å². The number of amides is 1. The second-order valence-electron chi connectivity index (χ2n) is 5.39. The minimum absolute atomic E-state index is 0.00525. The molecule has 0 saturated heterocycles. The minimum Gasteiger partial charge on any atom is -0.435 e. The SMILES string of the molecule is COCc1cc(C)nc(SCC(=O)Nc2ccc(OC(F)F)cc2)c1C#N. The zero-order chi connectivity index (χ0) is 19.8. The number of methoxy groups -OCH3 is 1. The Bertz CT molecular complexity index is 839. The van der Waals surface area contributed by atoms with Crippen LogP contribution < -0.4 is 10.1 Å². The van der Waals surface area contributed by atoms with E-state index in [1.807, 2.05) is 0 Å². The van der Waals surface area contributed by atoms with Crippen LogP contribution in [-0.4, -0.2) is 30.4 Å². The number of alkyl halides is 2. The molecule has 1 aromatic carbocycles. The molecule has 0 bridgehead atoms. The van der Waals surface area contributed by atoms with Gasteiger partial charge in [-0.15, -0.1) is 0 Å². The highest BCUT2D eigenvalue weighted by atomic mass is 32.2. The van der Waals surface area contributed by atoms with Crippen molar-refractivity contribution in [2.45, 2.75) is 25.2 Å². The van der Waals surface area contributed by atoms with Crippen molar-refractivity contribution in [2.75, 3.05) is 18.2 Å². The number of aryl methyl sites for hydroxylation is 1. The Morgan fingerprint density at radius 2 is 2.07 bits per heavy atom. The number of benzene rings is 1. The van der Waals surface area contributed by atoms with Crippen LogP contribution in [0.2, 0.25) is 0 Å². The molecule has 0 aliphatic rings. The van der Waals surface area contributed by atoms with Gasteiger partial charge in [0.2, 0.25) is 5.91 Å². The molecule has 0 radical (unpaired) electrons. The Kier molecular flexibility index (Phi) is 7.52. The molecule has 1 heterocycles. The van der Waals surface area contributed by atoms with E-state index in [-0.39, 0.29) is 24.0 Å². The molecule has 6 nitrogen and oxygen atoms in total. The number of carbonyl (C=O) groups excluding carboxylic acids is 1. The van der Waals surface area contributed by atoms with E-state index in [0.717, 1.165) is 17.5 Å². The highest BCUT2D eigenvalue weighted by Gasteiger charge is 2.14. The van der Waals surface area contributed by atoms with Crippen LogP contribution in [0, 0.1) is 18.3 Å². The molecular formula is C18H17F2N3O3S. The Labute approximate surface area is 159 Å². The number of nitriles is 1. The van der Waals surface area contributed by atoms with Gasteiger partial charge in [-0.3, -0.25) is 4.79 Å². The lowest BCUT2D eigenvalue weighted by Gasteiger charge is -2.10. The van der Waals surface area contributed by atoms with Gasteiger partial charge >= 0.3 is 6.61 Å². The molecular weight excluding hydrogens is 376 g/mol. The maximum absolute atomic E-state index is 12.1. The molecule has 0 unspecified atom stereocenters.